The van der Waals surface area contributed by atoms with Gasteiger partial charge in [0, 0.05) is 10.9 Å². The fourth-order valence-corrected chi connectivity index (χ4v) is 4.76. The van der Waals surface area contributed by atoms with E-state index in [2.05, 4.69) is 13.8 Å². The van der Waals surface area contributed by atoms with Gasteiger partial charge in [0.2, 0.25) is 0 Å². The van der Waals surface area contributed by atoms with E-state index in [0.717, 1.165) is 19.3 Å². The van der Waals surface area contributed by atoms with Gasteiger partial charge in [0.15, 0.2) is 0 Å². The Labute approximate surface area is 127 Å². The zero-order valence-electron chi connectivity index (χ0n) is 11.2. The summed E-state index contributed by atoms with van der Waals surface area (Å²) in [5, 5.41) is 0.910. The fourth-order valence-electron chi connectivity index (χ4n) is 2.55. The van der Waals surface area contributed by atoms with E-state index in [0.29, 0.717) is 14.9 Å². The molecule has 0 saturated heterocycles. The topological polar surface area (TPSA) is 43.1 Å². The Kier molecular flexibility index (Phi) is 4.61. The second-order valence-corrected chi connectivity index (χ2v) is 8.47. The van der Waals surface area contributed by atoms with Crippen LogP contribution in [0, 0.1) is 5.41 Å². The summed E-state index contributed by atoms with van der Waals surface area (Å²) in [5.74, 6) is 0. The summed E-state index contributed by atoms with van der Waals surface area (Å²) in [6.45, 7) is 4.41. The van der Waals surface area contributed by atoms with Crippen LogP contribution in [0.1, 0.15) is 33.1 Å². The lowest BCUT2D eigenvalue weighted by atomic mass is 9.75. The molecule has 2 rings (SSSR count). The van der Waals surface area contributed by atoms with Crippen molar-refractivity contribution in [2.24, 2.45) is 11.1 Å². The molecule has 1 aromatic rings. The molecule has 1 saturated carbocycles. The van der Waals surface area contributed by atoms with Crippen LogP contribution >= 0.6 is 23.2 Å². The first kappa shape index (κ1) is 15.3. The smallest absolute Gasteiger partial charge is 0.0604 e. The van der Waals surface area contributed by atoms with E-state index in [-0.39, 0.29) is 16.7 Å². The van der Waals surface area contributed by atoms with Crippen molar-refractivity contribution < 1.29 is 4.21 Å². The van der Waals surface area contributed by atoms with Crippen molar-refractivity contribution in [3.8, 4) is 0 Å². The first-order chi connectivity index (χ1) is 8.80. The summed E-state index contributed by atoms with van der Waals surface area (Å²) in [4.78, 5) is 0.715. The molecular formula is C14H19Cl2NOS. The number of hydrogen-bond acceptors (Lipinski definition) is 2. The van der Waals surface area contributed by atoms with Crippen molar-refractivity contribution in [2.45, 2.75) is 49.3 Å². The number of hydrogen-bond donors (Lipinski definition) is 1. The lowest BCUT2D eigenvalue weighted by molar-refractivity contribution is 0.230. The van der Waals surface area contributed by atoms with Gasteiger partial charge in [-0.05, 0) is 42.9 Å². The second-order valence-electron chi connectivity index (χ2n) is 5.98. The normalized spacial score (nSPS) is 28.1. The second kappa shape index (κ2) is 5.72. The van der Waals surface area contributed by atoms with E-state index in [1.165, 1.54) is 0 Å². The van der Waals surface area contributed by atoms with Gasteiger partial charge in [0.05, 0.1) is 26.1 Å². The van der Waals surface area contributed by atoms with Crippen LogP contribution in [0.2, 0.25) is 10.0 Å². The third kappa shape index (κ3) is 3.52. The van der Waals surface area contributed by atoms with Gasteiger partial charge in [-0.25, -0.2) is 0 Å². The lowest BCUT2D eigenvalue weighted by Crippen LogP contribution is -2.45. The third-order valence-corrected chi connectivity index (χ3v) is 6.31. The average molecular weight is 320 g/mol. The summed E-state index contributed by atoms with van der Waals surface area (Å²) in [6, 6.07) is 5.15. The molecule has 2 N–H and O–H groups in total. The molecule has 1 aromatic carbocycles. The van der Waals surface area contributed by atoms with Crippen molar-refractivity contribution in [3.05, 3.63) is 28.2 Å². The predicted molar refractivity (Wildman–Crippen MR) is 82.3 cm³/mol. The van der Waals surface area contributed by atoms with Gasteiger partial charge in [0.25, 0.3) is 0 Å². The maximum Gasteiger partial charge on any atom is 0.0604 e. The molecule has 1 aliphatic rings. The fraction of sp³-hybridized carbons (Fsp3) is 0.571. The quantitative estimate of drug-likeness (QED) is 0.895. The molecule has 5 heteroatoms. The van der Waals surface area contributed by atoms with Crippen LogP contribution in [0.3, 0.4) is 0 Å². The first-order valence-corrected chi connectivity index (χ1v) is 8.38. The van der Waals surface area contributed by atoms with E-state index in [4.69, 9.17) is 28.9 Å². The van der Waals surface area contributed by atoms with Gasteiger partial charge in [-0.3, -0.25) is 4.21 Å². The molecule has 19 heavy (non-hydrogen) atoms. The number of nitrogens with two attached hydrogens (primary N) is 1. The van der Waals surface area contributed by atoms with Gasteiger partial charge in [-0.15, -0.1) is 0 Å². The van der Waals surface area contributed by atoms with Crippen LogP contribution in [0.15, 0.2) is 23.1 Å². The molecule has 106 valence electrons. The molecule has 0 aliphatic heterocycles. The highest BCUT2D eigenvalue weighted by Crippen LogP contribution is 2.38. The molecule has 3 atom stereocenters. The van der Waals surface area contributed by atoms with E-state index in [1.807, 2.05) is 0 Å². The summed E-state index contributed by atoms with van der Waals surface area (Å²) >= 11 is 11.9. The number of halogens is 2. The maximum atomic E-state index is 12.7. The highest BCUT2D eigenvalue weighted by Gasteiger charge is 2.36. The Hall–Kier alpha value is -0.0900. The van der Waals surface area contributed by atoms with Gasteiger partial charge < -0.3 is 5.73 Å². The van der Waals surface area contributed by atoms with Crippen LogP contribution < -0.4 is 5.73 Å². The summed E-state index contributed by atoms with van der Waals surface area (Å²) < 4.78 is 12.7. The Bertz CT molecular complexity index is 504. The third-order valence-electron chi connectivity index (χ3n) is 3.78. The molecule has 2 nitrogen and oxygen atoms in total. The first-order valence-electron chi connectivity index (χ1n) is 6.41. The van der Waals surface area contributed by atoms with E-state index in [9.17, 15) is 4.21 Å². The van der Waals surface area contributed by atoms with E-state index < -0.39 is 10.8 Å². The zero-order valence-corrected chi connectivity index (χ0v) is 13.5. The molecule has 3 unspecified atom stereocenters. The summed E-state index contributed by atoms with van der Waals surface area (Å²) in [7, 11) is -1.13. The van der Waals surface area contributed by atoms with Crippen LogP contribution in [-0.4, -0.2) is 15.5 Å². The molecule has 0 radical (unpaired) electrons. The lowest BCUT2D eigenvalue weighted by Gasteiger charge is -2.38. The Balaban J connectivity index is 2.24. The Morgan fingerprint density at radius 2 is 2.00 bits per heavy atom. The van der Waals surface area contributed by atoms with Crippen molar-refractivity contribution in [1.29, 1.82) is 0 Å². The summed E-state index contributed by atoms with van der Waals surface area (Å²) in [5.41, 5.74) is 6.36. The molecule has 1 aliphatic carbocycles. The van der Waals surface area contributed by atoms with Crippen molar-refractivity contribution in [3.63, 3.8) is 0 Å². The van der Waals surface area contributed by atoms with Gasteiger partial charge in [-0.1, -0.05) is 37.0 Å². The Morgan fingerprint density at radius 3 is 2.63 bits per heavy atom. The number of rotatable bonds is 2. The number of benzene rings is 1. The van der Waals surface area contributed by atoms with Gasteiger partial charge in [0.1, 0.15) is 0 Å². The Morgan fingerprint density at radius 1 is 1.32 bits per heavy atom. The molecule has 0 heterocycles. The van der Waals surface area contributed by atoms with E-state index >= 15 is 0 Å². The van der Waals surface area contributed by atoms with Crippen molar-refractivity contribution in [2.75, 3.05) is 0 Å². The van der Waals surface area contributed by atoms with Crippen LogP contribution in [0.25, 0.3) is 0 Å². The molecule has 0 amide bonds. The molecule has 0 bridgehead atoms. The standard InChI is InChI=1S/C14H19Cl2NOS/c1-14(2)6-5-12(17)13(8-14)19(18)9-3-4-10(15)11(16)7-9/h3-4,7,12-13H,5-6,8,17H2,1-2H3. The minimum absolute atomic E-state index is 0.0108. The van der Waals surface area contributed by atoms with Crippen LogP contribution in [-0.2, 0) is 10.8 Å². The zero-order chi connectivity index (χ0) is 14.2. The van der Waals surface area contributed by atoms with Crippen molar-refractivity contribution in [1.82, 2.24) is 0 Å². The predicted octanol–water partition coefficient (Wildman–Crippen LogP) is 4.01. The molecule has 1 fully saturated rings. The molecule has 0 spiro atoms. The largest absolute Gasteiger partial charge is 0.327 e. The highest BCUT2D eigenvalue weighted by molar-refractivity contribution is 7.85. The van der Waals surface area contributed by atoms with Crippen LogP contribution in [0.5, 0.6) is 0 Å². The maximum absolute atomic E-state index is 12.7. The minimum Gasteiger partial charge on any atom is -0.327 e. The SMILES string of the molecule is CC1(C)CCC(N)C(S(=O)c2ccc(Cl)c(Cl)c2)C1. The van der Waals surface area contributed by atoms with Gasteiger partial charge in [-0.2, -0.15) is 0 Å². The summed E-state index contributed by atoms with van der Waals surface area (Å²) in [6.07, 6.45) is 2.88. The monoisotopic (exact) mass is 319 g/mol. The van der Waals surface area contributed by atoms with E-state index in [1.54, 1.807) is 18.2 Å². The molecular weight excluding hydrogens is 301 g/mol. The minimum atomic E-state index is -1.13. The highest BCUT2D eigenvalue weighted by atomic mass is 35.5. The van der Waals surface area contributed by atoms with Crippen molar-refractivity contribution >= 4 is 34.0 Å². The van der Waals surface area contributed by atoms with Gasteiger partial charge >= 0.3 is 0 Å². The van der Waals surface area contributed by atoms with Crippen LogP contribution in [0.4, 0.5) is 0 Å². The molecule has 0 aromatic heterocycles. The average Bonchev–Trinajstić information content (AvgIpc) is 2.35.